The number of benzene rings is 1. The molecule has 1 aliphatic rings. The normalized spacial score (nSPS) is 20.5. The van der Waals surface area contributed by atoms with Crippen LogP contribution in [-0.2, 0) is 9.53 Å². The molecule has 0 saturated carbocycles. The molecule has 1 aromatic carbocycles. The second-order valence-corrected chi connectivity index (χ2v) is 6.58. The molecule has 0 aromatic heterocycles. The standard InChI is InChI=1S/C17H22N2O5/c1-11-6-12(2)9-18(8-11)16(20)10-24-17(21)14-5-4-13(3)15(7-14)19(22)23/h4-5,7,11-12H,6,8-10H2,1-3H3/t11-,12-/m0/s1. The third-order valence-corrected chi connectivity index (χ3v) is 4.19. The van der Waals surface area contributed by atoms with Crippen molar-refractivity contribution in [2.75, 3.05) is 19.7 Å². The number of ether oxygens (including phenoxy) is 1. The largest absolute Gasteiger partial charge is 0.452 e. The van der Waals surface area contributed by atoms with E-state index in [1.165, 1.54) is 18.2 Å². The first kappa shape index (κ1) is 17.9. The van der Waals surface area contributed by atoms with Crippen LogP contribution in [-0.4, -0.2) is 41.4 Å². The van der Waals surface area contributed by atoms with Crippen LogP contribution in [0.25, 0.3) is 0 Å². The Kier molecular flexibility index (Phi) is 5.54. The van der Waals surface area contributed by atoms with E-state index in [1.807, 2.05) is 0 Å². The number of carbonyl (C=O) groups is 2. The van der Waals surface area contributed by atoms with Gasteiger partial charge in [0.1, 0.15) is 0 Å². The summed E-state index contributed by atoms with van der Waals surface area (Å²) in [4.78, 5) is 36.3. The highest BCUT2D eigenvalue weighted by Gasteiger charge is 2.26. The molecule has 130 valence electrons. The van der Waals surface area contributed by atoms with Crippen molar-refractivity contribution in [3.8, 4) is 0 Å². The second-order valence-electron chi connectivity index (χ2n) is 6.58. The molecule has 0 spiro atoms. The zero-order valence-corrected chi connectivity index (χ0v) is 14.2. The number of aryl methyl sites for hydroxylation is 1. The number of rotatable bonds is 4. The van der Waals surface area contributed by atoms with Crippen LogP contribution in [0.4, 0.5) is 5.69 Å². The van der Waals surface area contributed by atoms with Crippen molar-refractivity contribution in [2.45, 2.75) is 27.2 Å². The number of nitrogens with zero attached hydrogens (tertiary/aromatic N) is 2. The second kappa shape index (κ2) is 7.42. The summed E-state index contributed by atoms with van der Waals surface area (Å²) in [5, 5.41) is 10.9. The van der Waals surface area contributed by atoms with Gasteiger partial charge < -0.3 is 9.64 Å². The lowest BCUT2D eigenvalue weighted by molar-refractivity contribution is -0.385. The average molecular weight is 334 g/mol. The van der Waals surface area contributed by atoms with Gasteiger partial charge in [0.15, 0.2) is 6.61 Å². The topological polar surface area (TPSA) is 89.8 Å². The Morgan fingerprint density at radius 3 is 2.50 bits per heavy atom. The minimum atomic E-state index is -0.732. The molecule has 1 aliphatic heterocycles. The van der Waals surface area contributed by atoms with E-state index < -0.39 is 10.9 Å². The van der Waals surface area contributed by atoms with Gasteiger partial charge in [-0.05, 0) is 31.2 Å². The molecule has 0 bridgehead atoms. The van der Waals surface area contributed by atoms with Crippen LogP contribution < -0.4 is 0 Å². The van der Waals surface area contributed by atoms with E-state index in [1.54, 1.807) is 11.8 Å². The molecule has 7 heteroatoms. The van der Waals surface area contributed by atoms with Gasteiger partial charge in [0, 0.05) is 24.7 Å². The number of amides is 1. The van der Waals surface area contributed by atoms with Gasteiger partial charge in [-0.3, -0.25) is 14.9 Å². The fourth-order valence-corrected chi connectivity index (χ4v) is 3.10. The first-order valence-electron chi connectivity index (χ1n) is 7.98. The monoisotopic (exact) mass is 334 g/mol. The zero-order chi connectivity index (χ0) is 17.9. The molecule has 1 saturated heterocycles. The lowest BCUT2D eigenvalue weighted by Crippen LogP contribution is -2.44. The Morgan fingerprint density at radius 1 is 1.29 bits per heavy atom. The quantitative estimate of drug-likeness (QED) is 0.479. The summed E-state index contributed by atoms with van der Waals surface area (Å²) in [5.74, 6) is -0.116. The van der Waals surface area contributed by atoms with Crippen LogP contribution in [0.5, 0.6) is 0 Å². The predicted octanol–water partition coefficient (Wildman–Crippen LogP) is 2.56. The number of carbonyl (C=O) groups excluding carboxylic acids is 2. The average Bonchev–Trinajstić information content (AvgIpc) is 2.51. The molecular weight excluding hydrogens is 312 g/mol. The van der Waals surface area contributed by atoms with Gasteiger partial charge in [-0.1, -0.05) is 19.9 Å². The van der Waals surface area contributed by atoms with Crippen molar-refractivity contribution >= 4 is 17.6 Å². The van der Waals surface area contributed by atoms with Crippen molar-refractivity contribution in [3.05, 3.63) is 39.4 Å². The number of hydrogen-bond donors (Lipinski definition) is 0. The molecule has 1 amide bonds. The van der Waals surface area contributed by atoms with Crippen LogP contribution >= 0.6 is 0 Å². The van der Waals surface area contributed by atoms with Gasteiger partial charge in [0.25, 0.3) is 11.6 Å². The smallest absolute Gasteiger partial charge is 0.338 e. The molecule has 2 rings (SSSR count). The van der Waals surface area contributed by atoms with E-state index in [0.29, 0.717) is 30.5 Å². The number of hydrogen-bond acceptors (Lipinski definition) is 5. The summed E-state index contributed by atoms with van der Waals surface area (Å²) in [6, 6.07) is 4.12. The third kappa shape index (κ3) is 4.31. The van der Waals surface area contributed by atoms with Crippen LogP contribution in [0, 0.1) is 28.9 Å². The first-order chi connectivity index (χ1) is 11.3. The zero-order valence-electron chi connectivity index (χ0n) is 14.2. The van der Waals surface area contributed by atoms with Crippen LogP contribution in [0.1, 0.15) is 36.2 Å². The van der Waals surface area contributed by atoms with E-state index >= 15 is 0 Å². The van der Waals surface area contributed by atoms with Crippen molar-refractivity contribution in [1.29, 1.82) is 0 Å². The molecule has 0 aliphatic carbocycles. The van der Waals surface area contributed by atoms with Crippen molar-refractivity contribution in [2.24, 2.45) is 11.8 Å². The Morgan fingerprint density at radius 2 is 1.92 bits per heavy atom. The molecule has 1 fully saturated rings. The minimum absolute atomic E-state index is 0.0699. The van der Waals surface area contributed by atoms with Crippen molar-refractivity contribution in [1.82, 2.24) is 4.90 Å². The van der Waals surface area contributed by atoms with Gasteiger partial charge in [0.05, 0.1) is 10.5 Å². The van der Waals surface area contributed by atoms with E-state index in [0.717, 1.165) is 6.42 Å². The summed E-state index contributed by atoms with van der Waals surface area (Å²) in [6.45, 7) is 6.75. The van der Waals surface area contributed by atoms with Crippen LogP contribution in [0.2, 0.25) is 0 Å². The fraction of sp³-hybridized carbons (Fsp3) is 0.529. The molecular formula is C17H22N2O5. The third-order valence-electron chi connectivity index (χ3n) is 4.19. The predicted molar refractivity (Wildman–Crippen MR) is 87.6 cm³/mol. The van der Waals surface area contributed by atoms with E-state index in [2.05, 4.69) is 13.8 Å². The first-order valence-corrected chi connectivity index (χ1v) is 7.98. The molecule has 7 nitrogen and oxygen atoms in total. The summed E-state index contributed by atoms with van der Waals surface area (Å²) in [6.07, 6.45) is 1.08. The number of nitro groups is 1. The summed E-state index contributed by atoms with van der Waals surface area (Å²) in [5.41, 5.74) is 0.388. The highest BCUT2D eigenvalue weighted by molar-refractivity contribution is 5.92. The molecule has 0 N–H and O–H groups in total. The molecule has 2 atom stereocenters. The maximum atomic E-state index is 12.2. The maximum Gasteiger partial charge on any atom is 0.338 e. The molecule has 24 heavy (non-hydrogen) atoms. The number of nitro benzene ring substituents is 1. The van der Waals surface area contributed by atoms with Crippen LogP contribution in [0.15, 0.2) is 18.2 Å². The number of piperidine rings is 1. The SMILES string of the molecule is Cc1ccc(C(=O)OCC(=O)N2C[C@@H](C)C[C@H](C)C2)cc1[N+](=O)[O-]. The van der Waals surface area contributed by atoms with Gasteiger partial charge in [-0.15, -0.1) is 0 Å². The highest BCUT2D eigenvalue weighted by atomic mass is 16.6. The Balaban J connectivity index is 1.96. The fourth-order valence-electron chi connectivity index (χ4n) is 3.10. The van der Waals surface area contributed by atoms with E-state index in [9.17, 15) is 19.7 Å². The molecule has 1 heterocycles. The van der Waals surface area contributed by atoms with Gasteiger partial charge in [-0.2, -0.15) is 0 Å². The van der Waals surface area contributed by atoms with Crippen molar-refractivity contribution < 1.29 is 19.2 Å². The lowest BCUT2D eigenvalue weighted by Gasteiger charge is -2.34. The Labute approximate surface area is 140 Å². The number of esters is 1. The summed E-state index contributed by atoms with van der Waals surface area (Å²) < 4.78 is 5.04. The lowest BCUT2D eigenvalue weighted by atomic mass is 9.92. The molecule has 0 unspecified atom stereocenters. The van der Waals surface area contributed by atoms with E-state index in [4.69, 9.17) is 4.74 Å². The van der Waals surface area contributed by atoms with Crippen molar-refractivity contribution in [3.63, 3.8) is 0 Å². The Bertz CT molecular complexity index is 648. The molecule has 0 radical (unpaired) electrons. The Hall–Kier alpha value is -2.44. The number of likely N-dealkylation sites (tertiary alicyclic amines) is 1. The van der Waals surface area contributed by atoms with Gasteiger partial charge in [0.2, 0.25) is 0 Å². The maximum absolute atomic E-state index is 12.2. The van der Waals surface area contributed by atoms with Gasteiger partial charge >= 0.3 is 5.97 Å². The summed E-state index contributed by atoms with van der Waals surface area (Å²) in [7, 11) is 0. The van der Waals surface area contributed by atoms with Crippen LogP contribution in [0.3, 0.4) is 0 Å². The van der Waals surface area contributed by atoms with E-state index in [-0.39, 0.29) is 23.8 Å². The summed E-state index contributed by atoms with van der Waals surface area (Å²) >= 11 is 0. The van der Waals surface area contributed by atoms with Gasteiger partial charge in [-0.25, -0.2) is 4.79 Å². The molecule has 1 aromatic rings. The minimum Gasteiger partial charge on any atom is -0.452 e. The highest BCUT2D eigenvalue weighted by Crippen LogP contribution is 2.22.